The summed E-state index contributed by atoms with van der Waals surface area (Å²) in [6, 6.07) is 5.42. The molecule has 1 aromatic carbocycles. The zero-order chi connectivity index (χ0) is 20.8. The van der Waals surface area contributed by atoms with E-state index in [1.807, 2.05) is 19.1 Å². The molecular weight excluding hydrogens is 346 g/mol. The number of anilines is 1. The smallest absolute Gasteiger partial charge is 0.220 e. The van der Waals surface area contributed by atoms with Crippen LogP contribution in [0, 0.1) is 0 Å². The fourth-order valence-electron chi connectivity index (χ4n) is 3.50. The van der Waals surface area contributed by atoms with Gasteiger partial charge in [-0.3, -0.25) is 9.78 Å². The summed E-state index contributed by atoms with van der Waals surface area (Å²) in [5.74, 6) is 1.75. The van der Waals surface area contributed by atoms with Gasteiger partial charge in [0.1, 0.15) is 0 Å². The van der Waals surface area contributed by atoms with E-state index in [0.29, 0.717) is 17.0 Å². The van der Waals surface area contributed by atoms with Crippen LogP contribution in [0.4, 0.5) is 5.69 Å². The van der Waals surface area contributed by atoms with Gasteiger partial charge < -0.3 is 10.2 Å². The number of aromatic nitrogens is 1. The van der Waals surface area contributed by atoms with Crippen molar-refractivity contribution >= 4 is 29.3 Å². The average molecular weight is 368 g/mol. The Hall–Kier alpha value is -2.56. The molecule has 1 atom stereocenters. The molecule has 2 heterocycles. The van der Waals surface area contributed by atoms with Gasteiger partial charge in [0, 0.05) is 40.4 Å². The van der Waals surface area contributed by atoms with Gasteiger partial charge in [-0.15, -0.1) is 0 Å². The maximum absolute atomic E-state index is 11.8. The number of nitrogens with one attached hydrogen (secondary N) is 1. The van der Waals surface area contributed by atoms with Gasteiger partial charge in [0.15, 0.2) is 11.0 Å². The van der Waals surface area contributed by atoms with Gasteiger partial charge >= 0.3 is 0 Å². The number of hydrogen-bond acceptors (Lipinski definition) is 5. The molecule has 1 aliphatic heterocycles. The van der Waals surface area contributed by atoms with Crippen molar-refractivity contribution < 1.29 is 13.7 Å². The molecule has 1 N–H and O–H groups in total. The largest absolute Gasteiger partial charge is 0.349 e. The maximum atomic E-state index is 11.8. The molecule has 0 spiro atoms. The molecule has 4 rings (SSSR count). The number of rotatable bonds is 3. The van der Waals surface area contributed by atoms with Crippen molar-refractivity contribution in [3.8, 4) is 11.1 Å². The average Bonchev–Trinajstić information content (AvgIpc) is 3.28. The van der Waals surface area contributed by atoms with Crippen LogP contribution in [0.25, 0.3) is 11.1 Å². The lowest BCUT2D eigenvalue weighted by Crippen LogP contribution is -2.26. The summed E-state index contributed by atoms with van der Waals surface area (Å²) in [5.41, 5.74) is 4.51. The Morgan fingerprint density at radius 2 is 2.38 bits per heavy atom. The van der Waals surface area contributed by atoms with E-state index in [1.165, 1.54) is 0 Å². The van der Waals surface area contributed by atoms with E-state index in [0.717, 1.165) is 51.8 Å². The molecule has 0 radical (unpaired) electrons. The molecule has 26 heavy (non-hydrogen) atoms. The lowest BCUT2D eigenvalue weighted by molar-refractivity contribution is -0.121. The number of benzene rings is 1. The third kappa shape index (κ3) is 2.71. The van der Waals surface area contributed by atoms with Crippen molar-refractivity contribution in [1.82, 2.24) is 10.3 Å². The van der Waals surface area contributed by atoms with E-state index >= 15 is 0 Å². The Morgan fingerprint density at radius 3 is 3.15 bits per heavy atom. The van der Waals surface area contributed by atoms with Crippen LogP contribution in [-0.2, 0) is 16.0 Å². The van der Waals surface area contributed by atoms with Crippen LogP contribution in [0.5, 0.6) is 0 Å². The number of hydrogen-bond donors (Lipinski definition) is 1. The van der Waals surface area contributed by atoms with Crippen molar-refractivity contribution in [2.75, 3.05) is 11.9 Å². The monoisotopic (exact) mass is 368 g/mol. The molecule has 2 aliphatic rings. The van der Waals surface area contributed by atoms with Gasteiger partial charge in [-0.1, -0.05) is 24.8 Å². The Morgan fingerprint density at radius 1 is 1.50 bits per heavy atom. The Kier molecular flexibility index (Phi) is 3.47. The van der Waals surface area contributed by atoms with Gasteiger partial charge in [-0.25, -0.2) is 4.79 Å². The lowest BCUT2D eigenvalue weighted by atomic mass is 9.99. The summed E-state index contributed by atoms with van der Waals surface area (Å²) < 4.78 is 23.1. The first-order valence-electron chi connectivity index (χ1n) is 9.97. The van der Waals surface area contributed by atoms with Gasteiger partial charge in [0.2, 0.25) is 5.91 Å². The van der Waals surface area contributed by atoms with E-state index in [4.69, 9.17) is 4.11 Å². The van der Waals surface area contributed by atoms with Crippen LogP contribution in [-0.4, -0.2) is 23.8 Å². The van der Waals surface area contributed by atoms with E-state index in [1.54, 1.807) is 24.4 Å². The highest BCUT2D eigenvalue weighted by Crippen LogP contribution is 2.46. The molecule has 0 saturated heterocycles. The molecule has 0 fully saturated rings. The highest BCUT2D eigenvalue weighted by atomic mass is 32.2. The van der Waals surface area contributed by atoms with Crippen molar-refractivity contribution in [3.63, 3.8) is 0 Å². The maximum Gasteiger partial charge on any atom is 0.220 e. The standard InChI is InChI=1S/C20H19N3O2S/c1-3-19(25)22-16-6-5-13-14(9-21-10-15(13)16)12-4-7-17-18(8-12)26-20(11-24)23(17)2/h4,7-10,16H,3,5-6H2,1-2H3,(H,22,25)/t16-/m1/s1/i2D3. The molecule has 1 aromatic heterocycles. The van der Waals surface area contributed by atoms with Crippen LogP contribution < -0.4 is 10.2 Å². The number of carbonyl (C=O) groups is 1. The van der Waals surface area contributed by atoms with Gasteiger partial charge in [-0.2, -0.15) is 0 Å². The molecule has 0 unspecified atom stereocenters. The van der Waals surface area contributed by atoms with Crippen molar-refractivity contribution in [2.45, 2.75) is 37.1 Å². The van der Waals surface area contributed by atoms with Gasteiger partial charge in [0.05, 0.1) is 11.7 Å². The van der Waals surface area contributed by atoms with E-state index in [9.17, 15) is 9.59 Å². The molecule has 5 nitrogen and oxygen atoms in total. The summed E-state index contributed by atoms with van der Waals surface area (Å²) in [7, 11) is 0. The highest BCUT2D eigenvalue weighted by Gasteiger charge is 2.28. The van der Waals surface area contributed by atoms with E-state index in [2.05, 4.69) is 10.3 Å². The molecule has 6 heteroatoms. The number of thioether (sulfide) groups is 1. The number of amides is 1. The minimum absolute atomic E-state index is 0.0140. The lowest BCUT2D eigenvalue weighted by Gasteiger charge is -2.15. The first-order valence-corrected chi connectivity index (χ1v) is 9.29. The van der Waals surface area contributed by atoms with Crippen molar-refractivity contribution in [3.05, 3.63) is 46.7 Å². The molecule has 2 aromatic rings. The zero-order valence-electron chi connectivity index (χ0n) is 17.2. The Labute approximate surface area is 160 Å². The molecule has 1 aliphatic carbocycles. The second-order valence-electron chi connectivity index (χ2n) is 6.29. The fraction of sp³-hybridized carbons (Fsp3) is 0.300. The van der Waals surface area contributed by atoms with Crippen molar-refractivity contribution in [1.29, 1.82) is 0 Å². The number of pyridine rings is 1. The summed E-state index contributed by atoms with van der Waals surface area (Å²) >= 11 is 1.11. The van der Waals surface area contributed by atoms with Gasteiger partial charge in [-0.05, 0) is 41.7 Å². The minimum atomic E-state index is -2.45. The number of nitrogens with zero attached hydrogens (tertiary/aromatic N) is 2. The number of fused-ring (bicyclic) bond motifs is 2. The fourth-order valence-corrected chi connectivity index (χ4v) is 4.39. The third-order valence-electron chi connectivity index (χ3n) is 4.81. The SMILES string of the molecule is [2H]C([2H])([2H])N1C(=C=O)Sc2cc(-c3cncc4c3CC[C@H]4NC(=O)CC)ccc21. The normalized spacial score (nSPS) is 19.9. The molecular formula is C20H19N3O2S. The third-order valence-corrected chi connectivity index (χ3v) is 5.82. The topological polar surface area (TPSA) is 62.3 Å². The van der Waals surface area contributed by atoms with Crippen LogP contribution in [0.2, 0.25) is 0 Å². The first kappa shape index (κ1) is 13.6. The van der Waals surface area contributed by atoms with Gasteiger partial charge in [0.25, 0.3) is 0 Å². The predicted molar refractivity (Wildman–Crippen MR) is 103 cm³/mol. The highest BCUT2D eigenvalue weighted by molar-refractivity contribution is 8.04. The number of carbonyl (C=O) groups excluding carboxylic acids is 2. The summed E-state index contributed by atoms with van der Waals surface area (Å²) in [6.07, 6.45) is 5.69. The molecule has 0 bridgehead atoms. The van der Waals surface area contributed by atoms with Crippen LogP contribution in [0.15, 0.2) is 40.5 Å². The van der Waals surface area contributed by atoms with Crippen molar-refractivity contribution in [2.24, 2.45) is 0 Å². The summed E-state index contributed by atoms with van der Waals surface area (Å²) in [6.45, 7) is -0.626. The first-order chi connectivity index (χ1) is 13.8. The molecule has 0 saturated carbocycles. The van der Waals surface area contributed by atoms with E-state index in [-0.39, 0.29) is 17.0 Å². The van der Waals surface area contributed by atoms with E-state index < -0.39 is 6.98 Å². The van der Waals surface area contributed by atoms with Crippen LogP contribution in [0.1, 0.15) is 41.0 Å². The zero-order valence-corrected chi connectivity index (χ0v) is 15.0. The Balaban J connectivity index is 1.72. The van der Waals surface area contributed by atoms with Crippen LogP contribution >= 0.6 is 11.8 Å². The summed E-state index contributed by atoms with van der Waals surface area (Å²) in [5, 5.41) is 3.08. The quantitative estimate of drug-likeness (QED) is 0.841. The van der Waals surface area contributed by atoms with Crippen LogP contribution in [0.3, 0.4) is 0 Å². The minimum Gasteiger partial charge on any atom is -0.349 e. The Bertz CT molecular complexity index is 1050. The predicted octanol–water partition coefficient (Wildman–Crippen LogP) is 3.48. The molecule has 1 amide bonds. The molecule has 132 valence electrons. The summed E-state index contributed by atoms with van der Waals surface area (Å²) in [4.78, 5) is 29.2. The second-order valence-corrected chi connectivity index (χ2v) is 7.33. The second kappa shape index (κ2) is 6.63.